The molecule has 0 atom stereocenters. The molecule has 1 heterocycles. The van der Waals surface area contributed by atoms with Crippen LogP contribution in [0.3, 0.4) is 0 Å². The van der Waals surface area contributed by atoms with E-state index in [2.05, 4.69) is 8.70 Å². The van der Waals surface area contributed by atoms with Gasteiger partial charge in [0.1, 0.15) is 6.26 Å². The van der Waals surface area contributed by atoms with Crippen LogP contribution in [0.1, 0.15) is 0 Å². The molecule has 1 aromatic rings. The molecular formula is C4H5NO5S. The van der Waals surface area contributed by atoms with Gasteiger partial charge in [0.2, 0.25) is 0 Å². The molecule has 0 aliphatic carbocycles. The van der Waals surface area contributed by atoms with Crippen molar-refractivity contribution in [3.8, 4) is 0 Å². The second kappa shape index (κ2) is 2.42. The quantitative estimate of drug-likeness (QED) is 0.571. The van der Waals surface area contributed by atoms with Crippen LogP contribution in [-0.4, -0.2) is 19.4 Å². The largest absolute Gasteiger partial charge is 0.453 e. The Balaban J connectivity index is 2.98. The predicted molar refractivity (Wildman–Crippen MR) is 34.4 cm³/mol. The first-order valence-electron chi connectivity index (χ1n) is 2.55. The number of hydrogen-bond acceptors (Lipinski definition) is 5. The molecule has 0 saturated carbocycles. The molecule has 0 aliphatic heterocycles. The molecule has 1 aromatic heterocycles. The van der Waals surface area contributed by atoms with Gasteiger partial charge in [-0.05, 0) is 0 Å². The van der Waals surface area contributed by atoms with E-state index in [9.17, 15) is 13.2 Å². The Hall–Kier alpha value is -1.24. The third-order valence-electron chi connectivity index (χ3n) is 0.761. The maximum Gasteiger partial charge on any atom is 0.453 e. The Bertz CT molecular complexity index is 385. The summed E-state index contributed by atoms with van der Waals surface area (Å²) in [7, 11) is -3.67. The Labute approximate surface area is 62.1 Å². The highest BCUT2D eigenvalue weighted by Crippen LogP contribution is 1.82. The summed E-state index contributed by atoms with van der Waals surface area (Å²) in [6.45, 7) is 0. The minimum Gasteiger partial charge on any atom is -0.414 e. The molecular weight excluding hydrogens is 174 g/mol. The van der Waals surface area contributed by atoms with Crippen molar-refractivity contribution in [2.24, 2.45) is 0 Å². The molecule has 0 spiro atoms. The van der Waals surface area contributed by atoms with Crippen LogP contribution in [0.15, 0.2) is 21.7 Å². The fourth-order valence-electron chi connectivity index (χ4n) is 0.458. The summed E-state index contributed by atoms with van der Waals surface area (Å²) in [4.78, 5) is 10.5. The smallest absolute Gasteiger partial charge is 0.414 e. The minimum absolute atomic E-state index is 0.481. The molecule has 0 saturated heterocycles. The lowest BCUT2D eigenvalue weighted by Crippen LogP contribution is -2.26. The molecule has 0 N–H and O–H groups in total. The van der Waals surface area contributed by atoms with Gasteiger partial charge < -0.3 is 4.42 Å². The minimum atomic E-state index is -3.67. The van der Waals surface area contributed by atoms with Crippen LogP contribution in [-0.2, 0) is 10.1 Å². The summed E-state index contributed by atoms with van der Waals surface area (Å²) in [5.74, 6) is -0.879. The van der Waals surface area contributed by atoms with Crippen molar-refractivity contribution in [2.45, 2.75) is 0 Å². The Morgan fingerprint density at radius 2 is 2.27 bits per heavy atom. The second-order valence-electron chi connectivity index (χ2n) is 1.77. The number of hydrogen-bond donors (Lipinski definition) is 0. The van der Waals surface area contributed by atoms with Crippen molar-refractivity contribution in [1.82, 2.24) is 4.73 Å². The van der Waals surface area contributed by atoms with E-state index in [1.807, 2.05) is 0 Å². The molecule has 7 heteroatoms. The van der Waals surface area contributed by atoms with E-state index in [-0.39, 0.29) is 0 Å². The fourth-order valence-corrected chi connectivity index (χ4v) is 0.860. The van der Waals surface area contributed by atoms with Gasteiger partial charge in [0.05, 0.1) is 12.5 Å². The lowest BCUT2D eigenvalue weighted by molar-refractivity contribution is 0.250. The van der Waals surface area contributed by atoms with Crippen molar-refractivity contribution < 1.29 is 17.1 Å². The van der Waals surface area contributed by atoms with Crippen molar-refractivity contribution in [2.75, 3.05) is 6.26 Å². The molecule has 62 valence electrons. The van der Waals surface area contributed by atoms with Crippen molar-refractivity contribution in [3.63, 3.8) is 0 Å². The zero-order chi connectivity index (χ0) is 8.48. The highest BCUT2D eigenvalue weighted by molar-refractivity contribution is 7.86. The summed E-state index contributed by atoms with van der Waals surface area (Å²) < 4.78 is 29.7. The van der Waals surface area contributed by atoms with E-state index < -0.39 is 15.9 Å². The zero-order valence-electron chi connectivity index (χ0n) is 5.55. The average Bonchev–Trinajstić information content (AvgIpc) is 2.12. The molecule has 0 amide bonds. The van der Waals surface area contributed by atoms with Crippen LogP contribution in [0.2, 0.25) is 0 Å². The van der Waals surface area contributed by atoms with Gasteiger partial charge in [0.15, 0.2) is 0 Å². The van der Waals surface area contributed by atoms with Crippen LogP contribution >= 0.6 is 0 Å². The third-order valence-corrected chi connectivity index (χ3v) is 1.19. The standard InChI is InChI=1S/C4H5NO5S/c1-11(7,8)10-5-2-3-9-4(5)6/h2-3H,1H3. The topological polar surface area (TPSA) is 78.5 Å². The molecule has 0 aromatic carbocycles. The van der Waals surface area contributed by atoms with Crippen LogP contribution < -0.4 is 10.0 Å². The van der Waals surface area contributed by atoms with Gasteiger partial charge in [-0.3, -0.25) is 4.28 Å². The Kier molecular flexibility index (Phi) is 1.73. The molecule has 6 nitrogen and oxygen atoms in total. The van der Waals surface area contributed by atoms with Crippen molar-refractivity contribution in [1.29, 1.82) is 0 Å². The van der Waals surface area contributed by atoms with Crippen LogP contribution in [0.5, 0.6) is 0 Å². The van der Waals surface area contributed by atoms with Crippen LogP contribution in [0.25, 0.3) is 0 Å². The first kappa shape index (κ1) is 7.86. The molecule has 1 rings (SSSR count). The van der Waals surface area contributed by atoms with Crippen LogP contribution in [0.4, 0.5) is 0 Å². The van der Waals surface area contributed by atoms with Crippen molar-refractivity contribution >= 4 is 10.1 Å². The highest BCUT2D eigenvalue weighted by Gasteiger charge is 2.05. The summed E-state index contributed by atoms with van der Waals surface area (Å²) in [5, 5.41) is 0. The summed E-state index contributed by atoms with van der Waals surface area (Å²) in [6, 6.07) is 0. The van der Waals surface area contributed by atoms with Gasteiger partial charge in [-0.25, -0.2) is 4.79 Å². The monoisotopic (exact) mass is 179 g/mol. The molecule has 0 radical (unpaired) electrons. The maximum absolute atomic E-state index is 10.5. The molecule has 0 unspecified atom stereocenters. The highest BCUT2D eigenvalue weighted by atomic mass is 32.2. The number of aromatic nitrogens is 1. The summed E-state index contributed by atoms with van der Waals surface area (Å²) >= 11 is 0. The molecule has 0 fully saturated rings. The van der Waals surface area contributed by atoms with E-state index in [1.165, 1.54) is 0 Å². The van der Waals surface area contributed by atoms with E-state index >= 15 is 0 Å². The maximum atomic E-state index is 10.5. The Morgan fingerprint density at radius 1 is 1.64 bits per heavy atom. The SMILES string of the molecule is CS(=O)(=O)On1ccoc1=O. The normalized spacial score (nSPS) is 11.4. The summed E-state index contributed by atoms with van der Waals surface area (Å²) in [5.41, 5.74) is 0. The average molecular weight is 179 g/mol. The van der Waals surface area contributed by atoms with Crippen LogP contribution in [0, 0.1) is 0 Å². The fraction of sp³-hybridized carbons (Fsp3) is 0.250. The predicted octanol–water partition coefficient (Wildman–Crippen LogP) is -1.17. The van der Waals surface area contributed by atoms with E-state index in [4.69, 9.17) is 0 Å². The number of oxazole rings is 1. The van der Waals surface area contributed by atoms with Gasteiger partial charge in [0.25, 0.3) is 0 Å². The second-order valence-corrected chi connectivity index (χ2v) is 3.33. The van der Waals surface area contributed by atoms with Gasteiger partial charge in [-0.2, -0.15) is 8.42 Å². The number of rotatable bonds is 2. The van der Waals surface area contributed by atoms with E-state index in [1.54, 1.807) is 0 Å². The number of nitrogens with zero attached hydrogens (tertiary/aromatic N) is 1. The lowest BCUT2D eigenvalue weighted by Gasteiger charge is -1.96. The zero-order valence-corrected chi connectivity index (χ0v) is 6.37. The van der Waals surface area contributed by atoms with Crippen molar-refractivity contribution in [3.05, 3.63) is 23.0 Å². The molecule has 0 bridgehead atoms. The van der Waals surface area contributed by atoms with Gasteiger partial charge in [-0.1, -0.05) is 4.73 Å². The molecule has 0 aliphatic rings. The van der Waals surface area contributed by atoms with Gasteiger partial charge in [0, 0.05) is 0 Å². The molecule has 11 heavy (non-hydrogen) atoms. The Morgan fingerprint density at radius 3 is 2.64 bits per heavy atom. The van der Waals surface area contributed by atoms with Gasteiger partial charge >= 0.3 is 15.9 Å². The first-order chi connectivity index (χ1) is 4.99. The third kappa shape index (κ3) is 2.11. The van der Waals surface area contributed by atoms with Gasteiger partial charge in [-0.15, -0.1) is 0 Å². The summed E-state index contributed by atoms with van der Waals surface area (Å²) in [6.07, 6.45) is 2.91. The first-order valence-corrected chi connectivity index (χ1v) is 4.37. The van der Waals surface area contributed by atoms with E-state index in [0.29, 0.717) is 4.73 Å². The van der Waals surface area contributed by atoms with E-state index in [0.717, 1.165) is 18.7 Å². The lowest BCUT2D eigenvalue weighted by atomic mass is 11.0.